The lowest BCUT2D eigenvalue weighted by Gasteiger charge is -2.36. The predicted octanol–water partition coefficient (Wildman–Crippen LogP) is 3.44. The van der Waals surface area contributed by atoms with E-state index in [0.29, 0.717) is 16.8 Å². The third kappa shape index (κ3) is 10.2. The van der Waals surface area contributed by atoms with Gasteiger partial charge >= 0.3 is 6.09 Å². The van der Waals surface area contributed by atoms with Gasteiger partial charge in [-0.1, -0.05) is 91.8 Å². The minimum Gasteiger partial charge on any atom is -0.465 e. The van der Waals surface area contributed by atoms with Crippen molar-refractivity contribution in [3.8, 4) is 0 Å². The highest BCUT2D eigenvalue weighted by molar-refractivity contribution is 7.89. The van der Waals surface area contributed by atoms with Gasteiger partial charge in [-0.15, -0.1) is 0 Å². The highest BCUT2D eigenvalue weighted by Gasteiger charge is 2.43. The molecule has 0 bridgehead atoms. The number of imidazole rings is 1. The van der Waals surface area contributed by atoms with E-state index in [4.69, 9.17) is 5.21 Å². The number of H-pyrrole nitrogens is 1. The molecule has 0 aliphatic heterocycles. The number of carboxylic acid groups (broad SMARTS) is 1. The number of oxime groups is 1. The van der Waals surface area contributed by atoms with Crippen LogP contribution in [0.2, 0.25) is 0 Å². The SMILES string of the molecule is CC(C)CN(C[C@H](O)[C@H](Cc1ccccc1)NC(=O)[C@](Cc1ccccc1)(Cc1c[nH]cn1)NC(=O)O)S(=O)(=O)c1ccc(C=NO)cc1. The molecule has 14 heteroatoms. The number of aromatic nitrogens is 2. The molecular weight excluding hydrogens is 648 g/mol. The minimum atomic E-state index is -4.13. The molecule has 0 aliphatic carbocycles. The molecule has 0 spiro atoms. The van der Waals surface area contributed by atoms with E-state index in [-0.39, 0.29) is 43.2 Å². The zero-order valence-electron chi connectivity index (χ0n) is 27.3. The molecule has 1 aromatic heterocycles. The number of aromatic amines is 1. The Balaban J connectivity index is 1.71. The van der Waals surface area contributed by atoms with Crippen LogP contribution in [0.3, 0.4) is 0 Å². The van der Waals surface area contributed by atoms with Crippen LogP contribution in [0, 0.1) is 5.92 Å². The first-order chi connectivity index (χ1) is 23.4. The summed E-state index contributed by atoms with van der Waals surface area (Å²) >= 11 is 0. The molecule has 0 saturated carbocycles. The van der Waals surface area contributed by atoms with Gasteiger partial charge in [-0.2, -0.15) is 4.31 Å². The molecule has 4 rings (SSSR count). The first kappa shape index (κ1) is 36.8. The molecule has 4 aromatic rings. The van der Waals surface area contributed by atoms with E-state index in [1.807, 2.05) is 50.2 Å². The van der Waals surface area contributed by atoms with Crippen LogP contribution in [0.5, 0.6) is 0 Å². The highest BCUT2D eigenvalue weighted by atomic mass is 32.2. The smallest absolute Gasteiger partial charge is 0.405 e. The van der Waals surface area contributed by atoms with Crippen molar-refractivity contribution in [2.75, 3.05) is 13.1 Å². The van der Waals surface area contributed by atoms with Crippen LogP contribution in [0.4, 0.5) is 4.79 Å². The third-order valence-electron chi connectivity index (χ3n) is 7.93. The highest BCUT2D eigenvalue weighted by Crippen LogP contribution is 2.23. The van der Waals surface area contributed by atoms with Gasteiger partial charge in [0.05, 0.1) is 35.3 Å². The molecule has 1 heterocycles. The Labute approximate surface area is 285 Å². The Morgan fingerprint density at radius 3 is 2.14 bits per heavy atom. The number of carbonyl (C=O) groups is 2. The number of amides is 2. The Morgan fingerprint density at radius 1 is 0.959 bits per heavy atom. The maximum absolute atomic E-state index is 14.5. The molecular formula is C35H42N6O7S. The van der Waals surface area contributed by atoms with Crippen molar-refractivity contribution in [2.45, 2.75) is 55.7 Å². The van der Waals surface area contributed by atoms with Crippen molar-refractivity contribution in [1.29, 1.82) is 0 Å². The zero-order chi connectivity index (χ0) is 35.4. The molecule has 6 N–H and O–H groups in total. The Kier molecular flexibility index (Phi) is 12.7. The number of hydrogen-bond acceptors (Lipinski definition) is 8. The monoisotopic (exact) mass is 690 g/mol. The van der Waals surface area contributed by atoms with E-state index in [9.17, 15) is 28.2 Å². The van der Waals surface area contributed by atoms with Crippen LogP contribution >= 0.6 is 0 Å². The van der Waals surface area contributed by atoms with Crippen molar-refractivity contribution in [3.63, 3.8) is 0 Å². The molecule has 0 radical (unpaired) electrons. The second kappa shape index (κ2) is 16.9. The summed E-state index contributed by atoms with van der Waals surface area (Å²) in [7, 11) is -4.13. The summed E-state index contributed by atoms with van der Waals surface area (Å²) in [6.07, 6.45) is 1.32. The van der Waals surface area contributed by atoms with Gasteiger partial charge in [-0.05, 0) is 41.2 Å². The first-order valence-electron chi connectivity index (χ1n) is 15.7. The third-order valence-corrected chi connectivity index (χ3v) is 9.78. The Morgan fingerprint density at radius 2 is 1.59 bits per heavy atom. The van der Waals surface area contributed by atoms with E-state index in [1.54, 1.807) is 30.5 Å². The average molecular weight is 691 g/mol. The fourth-order valence-electron chi connectivity index (χ4n) is 5.63. The number of nitrogens with one attached hydrogen (secondary N) is 3. The molecule has 2 amide bonds. The van der Waals surface area contributed by atoms with Crippen LogP contribution in [-0.4, -0.2) is 87.1 Å². The number of hydrogen-bond donors (Lipinski definition) is 6. The normalized spacial score (nSPS) is 14.4. The van der Waals surface area contributed by atoms with Crippen molar-refractivity contribution in [1.82, 2.24) is 24.9 Å². The molecule has 0 fully saturated rings. The van der Waals surface area contributed by atoms with E-state index < -0.39 is 39.7 Å². The molecule has 0 aliphatic rings. The van der Waals surface area contributed by atoms with E-state index >= 15 is 0 Å². The van der Waals surface area contributed by atoms with Gasteiger partial charge in [0, 0.05) is 32.1 Å². The summed E-state index contributed by atoms with van der Waals surface area (Å²) in [4.78, 5) is 33.8. The van der Waals surface area contributed by atoms with Gasteiger partial charge in [0.15, 0.2) is 0 Å². The van der Waals surface area contributed by atoms with E-state index in [1.165, 1.54) is 41.1 Å². The average Bonchev–Trinajstić information content (AvgIpc) is 3.57. The van der Waals surface area contributed by atoms with Crippen LogP contribution in [0.25, 0.3) is 0 Å². The van der Waals surface area contributed by atoms with Crippen molar-refractivity contribution in [2.24, 2.45) is 11.1 Å². The molecule has 13 nitrogen and oxygen atoms in total. The number of aliphatic hydroxyl groups excluding tert-OH is 1. The number of rotatable bonds is 17. The topological polar surface area (TPSA) is 197 Å². The van der Waals surface area contributed by atoms with Crippen LogP contribution in [0.15, 0.2) is 108 Å². The lowest BCUT2D eigenvalue weighted by atomic mass is 9.84. The molecule has 0 saturated heterocycles. The quantitative estimate of drug-likeness (QED) is 0.0550. The summed E-state index contributed by atoms with van der Waals surface area (Å²) < 4.78 is 29.0. The van der Waals surface area contributed by atoms with E-state index in [2.05, 4.69) is 25.8 Å². The fourth-order valence-corrected chi connectivity index (χ4v) is 7.25. The second-order valence-electron chi connectivity index (χ2n) is 12.3. The summed E-state index contributed by atoms with van der Waals surface area (Å²) in [5.41, 5.74) is 0.628. The van der Waals surface area contributed by atoms with E-state index in [0.717, 1.165) is 5.56 Å². The van der Waals surface area contributed by atoms with Gasteiger partial charge in [-0.3, -0.25) is 4.79 Å². The predicted molar refractivity (Wildman–Crippen MR) is 184 cm³/mol. The van der Waals surface area contributed by atoms with Gasteiger partial charge in [0.1, 0.15) is 5.54 Å². The van der Waals surface area contributed by atoms with Gasteiger partial charge in [0.2, 0.25) is 15.9 Å². The van der Waals surface area contributed by atoms with Crippen molar-refractivity contribution in [3.05, 3.63) is 120 Å². The number of nitrogens with zero attached hydrogens (tertiary/aromatic N) is 3. The molecule has 3 aromatic carbocycles. The molecule has 3 atom stereocenters. The number of sulfonamides is 1. The summed E-state index contributed by atoms with van der Waals surface area (Å²) in [5, 5.41) is 38.9. The summed E-state index contributed by atoms with van der Waals surface area (Å²) in [5.74, 6) is -0.821. The van der Waals surface area contributed by atoms with Crippen LogP contribution in [0.1, 0.15) is 36.2 Å². The lowest BCUT2D eigenvalue weighted by molar-refractivity contribution is -0.129. The number of aliphatic hydroxyl groups is 1. The fraction of sp³-hybridized carbons (Fsp3) is 0.314. The standard InChI is InChI=1S/C35H42N6O7S/c1-25(2)22-41(49(47,48)30-15-13-28(14-16-30)20-38-46)23-32(42)31(17-26-9-5-3-6-10-26)39-33(43)35(40-34(44)45,19-29-21-36-24-37-29)18-27-11-7-4-8-12-27/h3-16,20-21,24-25,31-32,40,42,46H,17-19,22-23H2,1-2H3,(H,36,37)(H,39,43)(H,44,45)/t31-,32-,35-/m0/s1. The Bertz CT molecular complexity index is 1770. The Hall–Kier alpha value is -5.05. The summed E-state index contributed by atoms with van der Waals surface area (Å²) in [6, 6.07) is 22.8. The van der Waals surface area contributed by atoms with Gasteiger partial charge in [0.25, 0.3) is 0 Å². The molecule has 260 valence electrons. The number of carbonyl (C=O) groups excluding carboxylic acids is 1. The minimum absolute atomic E-state index is 0.0226. The van der Waals surface area contributed by atoms with Crippen LogP contribution in [-0.2, 0) is 34.1 Å². The maximum Gasteiger partial charge on any atom is 0.405 e. The van der Waals surface area contributed by atoms with Gasteiger partial charge < -0.3 is 31.0 Å². The zero-order valence-corrected chi connectivity index (χ0v) is 28.1. The largest absolute Gasteiger partial charge is 0.465 e. The second-order valence-corrected chi connectivity index (χ2v) is 14.2. The van der Waals surface area contributed by atoms with Crippen molar-refractivity contribution >= 4 is 28.2 Å². The maximum atomic E-state index is 14.5. The van der Waals surface area contributed by atoms with Gasteiger partial charge in [-0.25, -0.2) is 18.2 Å². The molecule has 0 unspecified atom stereocenters. The molecule has 49 heavy (non-hydrogen) atoms. The first-order valence-corrected chi connectivity index (χ1v) is 17.2. The van der Waals surface area contributed by atoms with Crippen molar-refractivity contribution < 1.29 is 33.4 Å². The van der Waals surface area contributed by atoms with Crippen LogP contribution < -0.4 is 10.6 Å². The lowest BCUT2D eigenvalue weighted by Crippen LogP contribution is -2.64. The number of benzene rings is 3. The summed E-state index contributed by atoms with van der Waals surface area (Å²) in [6.45, 7) is 3.41.